The van der Waals surface area contributed by atoms with Crippen LogP contribution >= 0.6 is 0 Å². The third-order valence-electron chi connectivity index (χ3n) is 2.22. The summed E-state index contributed by atoms with van der Waals surface area (Å²) in [6.07, 6.45) is 2.76. The van der Waals surface area contributed by atoms with Crippen molar-refractivity contribution < 1.29 is 5.11 Å². The van der Waals surface area contributed by atoms with E-state index in [0.717, 1.165) is 24.2 Å². The topological polar surface area (TPSA) is 50.9 Å². The fraction of sp³-hybridized carbons (Fsp3) is 0.273. The van der Waals surface area contributed by atoms with E-state index in [0.29, 0.717) is 0 Å². The number of rotatable bonds is 3. The summed E-state index contributed by atoms with van der Waals surface area (Å²) in [6.45, 7) is 2.96. The van der Waals surface area contributed by atoms with Gasteiger partial charge in [0.15, 0.2) is 0 Å². The monoisotopic (exact) mass is 203 g/mol. The van der Waals surface area contributed by atoms with Gasteiger partial charge in [0.25, 0.3) is 0 Å². The summed E-state index contributed by atoms with van der Waals surface area (Å²) in [4.78, 5) is 0. The molecule has 15 heavy (non-hydrogen) atoms. The fourth-order valence-corrected chi connectivity index (χ4v) is 1.49. The van der Waals surface area contributed by atoms with E-state index in [1.165, 1.54) is 0 Å². The maximum atomic E-state index is 9.19. The maximum absolute atomic E-state index is 9.19. The first-order valence-electron chi connectivity index (χ1n) is 4.99. The van der Waals surface area contributed by atoms with Crippen LogP contribution in [-0.2, 0) is 6.54 Å². The molecule has 0 saturated heterocycles. The second-order valence-corrected chi connectivity index (χ2v) is 3.39. The van der Waals surface area contributed by atoms with E-state index in [1.807, 2.05) is 16.8 Å². The molecule has 4 nitrogen and oxygen atoms in total. The predicted molar refractivity (Wildman–Crippen MR) is 57.4 cm³/mol. The Bertz CT molecular complexity index is 433. The molecule has 0 aliphatic heterocycles. The molecule has 2 rings (SSSR count). The lowest BCUT2D eigenvalue weighted by molar-refractivity contribution is 0.475. The Morgan fingerprint density at radius 2 is 2.00 bits per heavy atom. The van der Waals surface area contributed by atoms with Crippen molar-refractivity contribution in [1.82, 2.24) is 15.0 Å². The lowest BCUT2D eigenvalue weighted by atomic mass is 10.1. The molecule has 4 heteroatoms. The third-order valence-corrected chi connectivity index (χ3v) is 2.22. The normalized spacial score (nSPS) is 10.5. The van der Waals surface area contributed by atoms with Crippen LogP contribution in [0.1, 0.15) is 13.3 Å². The zero-order valence-corrected chi connectivity index (χ0v) is 8.59. The Balaban J connectivity index is 2.36. The summed E-state index contributed by atoms with van der Waals surface area (Å²) < 4.78 is 1.87. The van der Waals surface area contributed by atoms with Gasteiger partial charge < -0.3 is 5.11 Å². The van der Waals surface area contributed by atoms with Gasteiger partial charge in [0.1, 0.15) is 5.75 Å². The molecule has 0 amide bonds. The second kappa shape index (κ2) is 4.13. The third kappa shape index (κ3) is 1.98. The van der Waals surface area contributed by atoms with Crippen molar-refractivity contribution in [1.29, 1.82) is 0 Å². The lowest BCUT2D eigenvalue weighted by Gasteiger charge is -2.04. The highest BCUT2D eigenvalue weighted by Crippen LogP contribution is 2.20. The molecule has 0 unspecified atom stereocenters. The smallest absolute Gasteiger partial charge is 0.115 e. The van der Waals surface area contributed by atoms with Crippen molar-refractivity contribution in [3.8, 4) is 17.0 Å². The second-order valence-electron chi connectivity index (χ2n) is 3.39. The number of hydrogen-bond donors (Lipinski definition) is 1. The van der Waals surface area contributed by atoms with E-state index in [1.54, 1.807) is 18.3 Å². The number of phenols is 1. The number of hydrogen-bond acceptors (Lipinski definition) is 3. The van der Waals surface area contributed by atoms with Crippen molar-refractivity contribution >= 4 is 0 Å². The molecule has 0 saturated carbocycles. The highest BCUT2D eigenvalue weighted by Gasteiger charge is 2.05. The Kier molecular flexibility index (Phi) is 2.67. The lowest BCUT2D eigenvalue weighted by Crippen LogP contribution is -2.01. The van der Waals surface area contributed by atoms with Gasteiger partial charge >= 0.3 is 0 Å². The molecule has 0 radical (unpaired) electrons. The van der Waals surface area contributed by atoms with Gasteiger partial charge in [0.2, 0.25) is 0 Å². The zero-order chi connectivity index (χ0) is 10.7. The molecule has 0 aliphatic carbocycles. The highest BCUT2D eigenvalue weighted by atomic mass is 16.3. The first kappa shape index (κ1) is 9.71. The standard InChI is InChI=1S/C11H13N3O/c1-2-7-14-11(8-12-13-14)9-3-5-10(15)6-4-9/h3-6,8,15H,2,7H2,1H3. The molecule has 0 fully saturated rings. The summed E-state index contributed by atoms with van der Waals surface area (Å²) in [7, 11) is 0. The average Bonchev–Trinajstić information content (AvgIpc) is 2.68. The number of phenolic OH excluding ortho intramolecular Hbond substituents is 1. The quantitative estimate of drug-likeness (QED) is 0.830. The van der Waals surface area contributed by atoms with Crippen LogP contribution in [0.25, 0.3) is 11.3 Å². The maximum Gasteiger partial charge on any atom is 0.115 e. The van der Waals surface area contributed by atoms with Crippen molar-refractivity contribution in [3.05, 3.63) is 30.5 Å². The zero-order valence-electron chi connectivity index (χ0n) is 8.59. The number of aromatic hydroxyl groups is 1. The van der Waals surface area contributed by atoms with Crippen LogP contribution in [0.15, 0.2) is 30.5 Å². The Labute approximate surface area is 88.2 Å². The minimum absolute atomic E-state index is 0.272. The SMILES string of the molecule is CCCn1nncc1-c1ccc(O)cc1. The van der Waals surface area contributed by atoms with Gasteiger partial charge in [-0.25, -0.2) is 4.68 Å². The van der Waals surface area contributed by atoms with Crippen molar-refractivity contribution in [2.75, 3.05) is 0 Å². The van der Waals surface area contributed by atoms with Crippen molar-refractivity contribution in [2.24, 2.45) is 0 Å². The van der Waals surface area contributed by atoms with Gasteiger partial charge in [-0.2, -0.15) is 0 Å². The number of nitrogens with zero attached hydrogens (tertiary/aromatic N) is 3. The summed E-state index contributed by atoms with van der Waals surface area (Å²) in [5.41, 5.74) is 2.00. The van der Waals surface area contributed by atoms with E-state index in [4.69, 9.17) is 0 Å². The van der Waals surface area contributed by atoms with E-state index in [2.05, 4.69) is 17.2 Å². The number of benzene rings is 1. The van der Waals surface area contributed by atoms with Gasteiger partial charge in [-0.1, -0.05) is 12.1 Å². The number of aromatic nitrogens is 3. The first-order valence-corrected chi connectivity index (χ1v) is 4.99. The summed E-state index contributed by atoms with van der Waals surface area (Å²) >= 11 is 0. The molecule has 1 N–H and O–H groups in total. The first-order chi connectivity index (χ1) is 7.31. The van der Waals surface area contributed by atoms with Gasteiger partial charge in [-0.05, 0) is 30.7 Å². The van der Waals surface area contributed by atoms with Crippen molar-refractivity contribution in [2.45, 2.75) is 19.9 Å². The van der Waals surface area contributed by atoms with E-state index in [-0.39, 0.29) is 5.75 Å². The highest BCUT2D eigenvalue weighted by molar-refractivity contribution is 5.59. The minimum atomic E-state index is 0.272. The molecule has 1 heterocycles. The van der Waals surface area contributed by atoms with Crippen molar-refractivity contribution in [3.63, 3.8) is 0 Å². The van der Waals surface area contributed by atoms with Crippen LogP contribution in [0.5, 0.6) is 5.75 Å². The number of aryl methyl sites for hydroxylation is 1. The molecule has 1 aromatic carbocycles. The molecule has 2 aromatic rings. The Morgan fingerprint density at radius 1 is 1.27 bits per heavy atom. The fourth-order valence-electron chi connectivity index (χ4n) is 1.49. The molecular formula is C11H13N3O. The Hall–Kier alpha value is -1.84. The molecule has 0 spiro atoms. The molecule has 78 valence electrons. The van der Waals surface area contributed by atoms with Crippen LogP contribution in [-0.4, -0.2) is 20.1 Å². The summed E-state index contributed by atoms with van der Waals surface area (Å²) in [5.74, 6) is 0.272. The average molecular weight is 203 g/mol. The van der Waals surface area contributed by atoms with Crippen LogP contribution in [0.4, 0.5) is 0 Å². The van der Waals surface area contributed by atoms with E-state index >= 15 is 0 Å². The summed E-state index contributed by atoms with van der Waals surface area (Å²) in [5, 5.41) is 17.1. The molecule has 0 atom stereocenters. The predicted octanol–water partition coefficient (Wildman–Crippen LogP) is 2.06. The largest absolute Gasteiger partial charge is 0.508 e. The van der Waals surface area contributed by atoms with Gasteiger partial charge in [-0.3, -0.25) is 0 Å². The van der Waals surface area contributed by atoms with E-state index < -0.39 is 0 Å². The van der Waals surface area contributed by atoms with E-state index in [9.17, 15) is 5.11 Å². The van der Waals surface area contributed by atoms with Crippen LogP contribution in [0.3, 0.4) is 0 Å². The van der Waals surface area contributed by atoms with Crippen LogP contribution in [0.2, 0.25) is 0 Å². The minimum Gasteiger partial charge on any atom is -0.508 e. The molecule has 1 aromatic heterocycles. The van der Waals surface area contributed by atoms with Gasteiger partial charge in [-0.15, -0.1) is 5.10 Å². The molecule has 0 bridgehead atoms. The molecular weight excluding hydrogens is 190 g/mol. The van der Waals surface area contributed by atoms with Crippen LogP contribution in [0, 0.1) is 0 Å². The summed E-state index contributed by atoms with van der Waals surface area (Å²) in [6, 6.07) is 7.05. The molecule has 0 aliphatic rings. The Morgan fingerprint density at radius 3 is 2.67 bits per heavy atom. The van der Waals surface area contributed by atoms with Gasteiger partial charge in [0, 0.05) is 12.1 Å². The van der Waals surface area contributed by atoms with Gasteiger partial charge in [0.05, 0.1) is 11.9 Å². The van der Waals surface area contributed by atoms with Crippen LogP contribution < -0.4 is 0 Å².